The van der Waals surface area contributed by atoms with Crippen LogP contribution in [0.2, 0.25) is 0 Å². The van der Waals surface area contributed by atoms with E-state index in [2.05, 4.69) is 10.2 Å². The summed E-state index contributed by atoms with van der Waals surface area (Å²) in [5.74, 6) is -0.0268. The zero-order valence-corrected chi connectivity index (χ0v) is 21.5. The number of hydrogen-bond acceptors (Lipinski definition) is 4. The van der Waals surface area contributed by atoms with Crippen LogP contribution in [0.25, 0.3) is 0 Å². The number of rotatable bonds is 7. The smallest absolute Gasteiger partial charge is 0.371 e. The molecule has 1 saturated heterocycles. The van der Waals surface area contributed by atoms with Gasteiger partial charge >= 0.3 is 6.18 Å². The van der Waals surface area contributed by atoms with Crippen molar-refractivity contribution in [2.75, 3.05) is 29.1 Å². The lowest BCUT2D eigenvalue weighted by atomic mass is 9.97. The van der Waals surface area contributed by atoms with E-state index in [1.54, 1.807) is 31.2 Å². The molecular formula is C28H29F3N2O3S. The van der Waals surface area contributed by atoms with E-state index in [1.165, 1.54) is 12.1 Å². The van der Waals surface area contributed by atoms with E-state index in [0.717, 1.165) is 41.9 Å². The molecule has 0 radical (unpaired) electrons. The molecule has 196 valence electrons. The summed E-state index contributed by atoms with van der Waals surface area (Å²) in [6.45, 7) is 5.00. The predicted octanol–water partition coefficient (Wildman–Crippen LogP) is 5.98. The van der Waals surface area contributed by atoms with E-state index >= 15 is 0 Å². The summed E-state index contributed by atoms with van der Waals surface area (Å²) in [5, 5.41) is 2.92. The Bertz CT molecular complexity index is 1370. The molecule has 1 heterocycles. The lowest BCUT2D eigenvalue weighted by Gasteiger charge is -2.21. The third-order valence-corrected chi connectivity index (χ3v) is 8.52. The van der Waals surface area contributed by atoms with Crippen LogP contribution >= 0.6 is 0 Å². The number of alkyl halides is 3. The molecule has 0 aromatic heterocycles. The van der Waals surface area contributed by atoms with Gasteiger partial charge in [0, 0.05) is 30.4 Å². The molecule has 1 aliphatic rings. The van der Waals surface area contributed by atoms with Gasteiger partial charge in [0.25, 0.3) is 0 Å². The summed E-state index contributed by atoms with van der Waals surface area (Å²) >= 11 is 0. The lowest BCUT2D eigenvalue weighted by Crippen LogP contribution is -2.20. The van der Waals surface area contributed by atoms with Gasteiger partial charge in [0.15, 0.2) is 9.84 Å². The number of nitrogens with zero attached hydrogens (tertiary/aromatic N) is 1. The topological polar surface area (TPSA) is 66.5 Å². The molecule has 0 spiro atoms. The van der Waals surface area contributed by atoms with E-state index in [-0.39, 0.29) is 28.9 Å². The maximum absolute atomic E-state index is 12.9. The molecule has 1 aliphatic heterocycles. The molecule has 4 rings (SSSR count). The Kier molecular flexibility index (Phi) is 7.64. The number of nitrogens with one attached hydrogen (secondary N) is 1. The number of carbonyl (C=O) groups is 1. The molecule has 1 fully saturated rings. The third-order valence-electron chi connectivity index (χ3n) is 6.77. The Morgan fingerprint density at radius 1 is 1.03 bits per heavy atom. The minimum atomic E-state index is -4.34. The number of benzene rings is 3. The number of sulfone groups is 1. The number of amides is 1. The first-order chi connectivity index (χ1) is 17.5. The first-order valence-electron chi connectivity index (χ1n) is 12.1. The molecule has 5 nitrogen and oxygen atoms in total. The van der Waals surface area contributed by atoms with E-state index in [0.29, 0.717) is 17.8 Å². The second kappa shape index (κ2) is 10.6. The van der Waals surface area contributed by atoms with Crippen molar-refractivity contribution in [1.82, 2.24) is 0 Å². The molecular weight excluding hydrogens is 501 g/mol. The highest BCUT2D eigenvalue weighted by atomic mass is 32.2. The Labute approximate surface area is 215 Å². The molecule has 0 saturated carbocycles. The number of halogens is 3. The van der Waals surface area contributed by atoms with Crippen LogP contribution in [-0.2, 0) is 27.2 Å². The fourth-order valence-electron chi connectivity index (χ4n) is 4.56. The third kappa shape index (κ3) is 6.33. The maximum atomic E-state index is 12.9. The molecule has 3 aromatic rings. The second-order valence-corrected chi connectivity index (χ2v) is 11.6. The molecule has 0 aliphatic carbocycles. The van der Waals surface area contributed by atoms with E-state index in [4.69, 9.17) is 0 Å². The van der Waals surface area contributed by atoms with Gasteiger partial charge in [-0.05, 0) is 72.5 Å². The van der Waals surface area contributed by atoms with Crippen molar-refractivity contribution in [2.45, 2.75) is 43.7 Å². The van der Waals surface area contributed by atoms with Gasteiger partial charge < -0.3 is 10.2 Å². The molecule has 37 heavy (non-hydrogen) atoms. The fourth-order valence-corrected chi connectivity index (χ4v) is 5.44. The highest BCUT2D eigenvalue weighted by Gasteiger charge is 2.31. The molecule has 1 amide bonds. The van der Waals surface area contributed by atoms with Crippen molar-refractivity contribution >= 4 is 27.1 Å². The molecule has 9 heteroatoms. The van der Waals surface area contributed by atoms with Crippen LogP contribution in [0.4, 0.5) is 24.5 Å². The normalized spacial score (nSPS) is 16.1. The number of carbonyl (C=O) groups excluding carboxylic acids is 1. The largest absolute Gasteiger partial charge is 0.416 e. The van der Waals surface area contributed by atoms with Crippen LogP contribution in [0.15, 0.2) is 71.6 Å². The highest BCUT2D eigenvalue weighted by Crippen LogP contribution is 2.35. The zero-order valence-electron chi connectivity index (χ0n) is 20.7. The van der Waals surface area contributed by atoms with Gasteiger partial charge in [-0.1, -0.05) is 31.2 Å². The van der Waals surface area contributed by atoms with Crippen LogP contribution in [0.5, 0.6) is 0 Å². The van der Waals surface area contributed by atoms with Crippen LogP contribution in [0, 0.1) is 6.92 Å². The average molecular weight is 531 g/mol. The standard InChI is InChI=1S/C28H29F3N2O3S/c1-3-37(35,36)25-11-4-20(5-12-25)17-27(34)32-26-13-10-24(16-19(26)2)33-15-14-22(18-33)21-6-8-23(9-7-21)28(29,30)31/h4-13,16,22H,3,14-15,17-18H2,1-2H3,(H,32,34). The van der Waals surface area contributed by atoms with Gasteiger partial charge in [-0.2, -0.15) is 13.2 Å². The molecule has 3 aromatic carbocycles. The van der Waals surface area contributed by atoms with Crippen molar-refractivity contribution in [3.05, 3.63) is 89.0 Å². The predicted molar refractivity (Wildman–Crippen MR) is 139 cm³/mol. The monoisotopic (exact) mass is 530 g/mol. The zero-order chi connectivity index (χ0) is 26.8. The van der Waals surface area contributed by atoms with Crippen LogP contribution in [0.1, 0.15) is 41.5 Å². The maximum Gasteiger partial charge on any atom is 0.416 e. The highest BCUT2D eigenvalue weighted by molar-refractivity contribution is 7.91. The van der Waals surface area contributed by atoms with Gasteiger partial charge in [-0.3, -0.25) is 4.79 Å². The first-order valence-corrected chi connectivity index (χ1v) is 13.8. The van der Waals surface area contributed by atoms with Crippen molar-refractivity contribution < 1.29 is 26.4 Å². The van der Waals surface area contributed by atoms with Gasteiger partial charge in [0.2, 0.25) is 5.91 Å². The molecule has 1 unspecified atom stereocenters. The SMILES string of the molecule is CCS(=O)(=O)c1ccc(CC(=O)Nc2ccc(N3CCC(c4ccc(C(F)(F)F)cc4)C3)cc2C)cc1. The summed E-state index contributed by atoms with van der Waals surface area (Å²) in [4.78, 5) is 15.0. The van der Waals surface area contributed by atoms with Crippen molar-refractivity contribution in [1.29, 1.82) is 0 Å². The molecule has 1 atom stereocenters. The molecule has 1 N–H and O–H groups in total. The summed E-state index contributed by atoms with van der Waals surface area (Å²) in [7, 11) is -3.28. The van der Waals surface area contributed by atoms with E-state index in [9.17, 15) is 26.4 Å². The molecule has 0 bridgehead atoms. The van der Waals surface area contributed by atoms with Gasteiger partial charge in [0.1, 0.15) is 0 Å². The summed E-state index contributed by atoms with van der Waals surface area (Å²) in [6, 6.07) is 17.5. The Hall–Kier alpha value is -3.33. The Morgan fingerprint density at radius 2 is 1.70 bits per heavy atom. The lowest BCUT2D eigenvalue weighted by molar-refractivity contribution is -0.137. The van der Waals surface area contributed by atoms with Gasteiger partial charge in [-0.15, -0.1) is 0 Å². The minimum Gasteiger partial charge on any atom is -0.371 e. The first kappa shape index (κ1) is 26.7. The fraction of sp³-hybridized carbons (Fsp3) is 0.321. The summed E-state index contributed by atoms with van der Waals surface area (Å²) < 4.78 is 62.5. The van der Waals surface area contributed by atoms with Crippen LogP contribution in [0.3, 0.4) is 0 Å². The summed E-state index contributed by atoms with van der Waals surface area (Å²) in [6.07, 6.45) is -3.37. The minimum absolute atomic E-state index is 0.0231. The Balaban J connectivity index is 1.36. The number of hydrogen-bond donors (Lipinski definition) is 1. The van der Waals surface area contributed by atoms with E-state index in [1.807, 2.05) is 25.1 Å². The number of anilines is 2. The van der Waals surface area contributed by atoms with Gasteiger partial charge in [0.05, 0.1) is 22.6 Å². The Morgan fingerprint density at radius 3 is 2.30 bits per heavy atom. The quantitative estimate of drug-likeness (QED) is 0.408. The van der Waals surface area contributed by atoms with Crippen LogP contribution < -0.4 is 10.2 Å². The number of aryl methyl sites for hydroxylation is 1. The van der Waals surface area contributed by atoms with Crippen LogP contribution in [-0.4, -0.2) is 33.2 Å². The average Bonchev–Trinajstić information content (AvgIpc) is 3.35. The van der Waals surface area contributed by atoms with Crippen molar-refractivity contribution in [3.8, 4) is 0 Å². The second-order valence-electron chi connectivity index (χ2n) is 9.32. The summed E-state index contributed by atoms with van der Waals surface area (Å²) in [5.41, 5.74) is 3.56. The van der Waals surface area contributed by atoms with E-state index < -0.39 is 21.6 Å². The van der Waals surface area contributed by atoms with Crippen molar-refractivity contribution in [2.24, 2.45) is 0 Å². The van der Waals surface area contributed by atoms with Gasteiger partial charge in [-0.25, -0.2) is 8.42 Å². The van der Waals surface area contributed by atoms with Crippen molar-refractivity contribution in [3.63, 3.8) is 0 Å².